The van der Waals surface area contributed by atoms with Gasteiger partial charge in [0.1, 0.15) is 24.6 Å². The van der Waals surface area contributed by atoms with Crippen molar-refractivity contribution >= 4 is 17.8 Å². The maximum atomic E-state index is 14.1. The molecule has 5 N–H and O–H groups in total. The Morgan fingerprint density at radius 3 is 2.33 bits per heavy atom. The number of nitrogens with zero attached hydrogens (tertiary/aromatic N) is 1. The van der Waals surface area contributed by atoms with Crippen LogP contribution in [0.1, 0.15) is 47.5 Å². The van der Waals surface area contributed by atoms with E-state index in [0.29, 0.717) is 12.0 Å². The van der Waals surface area contributed by atoms with Gasteiger partial charge in [-0.3, -0.25) is 10.0 Å². The molecule has 0 aromatic rings. The number of aliphatic imine (C=N–C) groups is 1. The number of rotatable bonds is 9. The minimum atomic E-state index is -1.65. The van der Waals surface area contributed by atoms with Crippen molar-refractivity contribution in [3.63, 3.8) is 0 Å². The summed E-state index contributed by atoms with van der Waals surface area (Å²) in [4.78, 5) is 28.5. The van der Waals surface area contributed by atoms with Gasteiger partial charge in [-0.25, -0.2) is 24.0 Å². The number of hydroxylamine groups is 1. The molecular weight excluding hydrogens is 402 g/mol. The molecule has 2 unspecified atom stereocenters. The van der Waals surface area contributed by atoms with Gasteiger partial charge in [-0.15, -0.1) is 0 Å². The molecule has 172 valence electrons. The predicted octanol–water partition coefficient (Wildman–Crippen LogP) is 1.30. The summed E-state index contributed by atoms with van der Waals surface area (Å²) in [6.07, 6.45) is -5.47. The standard InChI is InChI=1S/C19H32F2N4O5/c1-6-12-13(18(27)29-7-2)8-14(24-19(22)25-28)15(23-11(5)26)17(12)30-16(9(3)20)10(4)21/h9-10,14-17,28H,6-8H2,1-5H3,(H,23,26)(H3,22,24,25)/t9?,10?,14-,15+,16?,17+/m0/s1. The molecule has 0 bridgehead atoms. The van der Waals surface area contributed by atoms with E-state index in [9.17, 15) is 18.4 Å². The van der Waals surface area contributed by atoms with E-state index in [0.717, 1.165) is 0 Å². The summed E-state index contributed by atoms with van der Waals surface area (Å²) in [5.41, 5.74) is 7.96. The summed E-state index contributed by atoms with van der Waals surface area (Å²) in [6, 6.07) is -1.75. The number of halogens is 2. The number of amides is 1. The minimum absolute atomic E-state index is 0.0240. The quantitative estimate of drug-likeness (QED) is 0.186. The zero-order valence-electron chi connectivity index (χ0n) is 17.9. The Hall–Kier alpha value is -2.27. The van der Waals surface area contributed by atoms with Gasteiger partial charge in [-0.05, 0) is 32.8 Å². The number of carbonyl (C=O) groups is 2. The number of alkyl halides is 2. The summed E-state index contributed by atoms with van der Waals surface area (Å²) in [5.74, 6) is -1.40. The molecule has 30 heavy (non-hydrogen) atoms. The molecule has 1 rings (SSSR count). The van der Waals surface area contributed by atoms with Crippen LogP contribution in [0.2, 0.25) is 0 Å². The van der Waals surface area contributed by atoms with Crippen LogP contribution < -0.4 is 16.5 Å². The van der Waals surface area contributed by atoms with Crippen molar-refractivity contribution in [3.8, 4) is 0 Å². The molecule has 0 saturated carbocycles. The predicted molar refractivity (Wildman–Crippen MR) is 106 cm³/mol. The minimum Gasteiger partial charge on any atom is -0.463 e. The molecule has 1 aliphatic carbocycles. The molecule has 0 saturated heterocycles. The largest absolute Gasteiger partial charge is 0.463 e. The van der Waals surface area contributed by atoms with Gasteiger partial charge < -0.3 is 20.5 Å². The molecule has 0 aromatic carbocycles. The number of ether oxygens (including phenoxy) is 2. The van der Waals surface area contributed by atoms with Gasteiger partial charge in [-0.1, -0.05) is 6.92 Å². The molecule has 0 aromatic heterocycles. The summed E-state index contributed by atoms with van der Waals surface area (Å²) >= 11 is 0. The van der Waals surface area contributed by atoms with Crippen molar-refractivity contribution in [2.24, 2.45) is 10.7 Å². The fourth-order valence-corrected chi connectivity index (χ4v) is 3.56. The molecule has 0 heterocycles. The fraction of sp³-hybridized carbons (Fsp3) is 0.737. The average Bonchev–Trinajstić information content (AvgIpc) is 2.66. The molecule has 1 amide bonds. The fourth-order valence-electron chi connectivity index (χ4n) is 3.56. The Bertz CT molecular complexity index is 661. The van der Waals surface area contributed by atoms with Gasteiger partial charge in [0.25, 0.3) is 0 Å². The molecule has 5 atom stereocenters. The highest BCUT2D eigenvalue weighted by atomic mass is 19.1. The average molecular weight is 434 g/mol. The molecule has 9 nitrogen and oxygen atoms in total. The smallest absolute Gasteiger partial charge is 0.334 e. The lowest BCUT2D eigenvalue weighted by Crippen LogP contribution is -2.57. The molecular formula is C19H32F2N4O5. The van der Waals surface area contributed by atoms with Gasteiger partial charge in [0.05, 0.1) is 18.7 Å². The lowest BCUT2D eigenvalue weighted by atomic mass is 9.80. The van der Waals surface area contributed by atoms with Crippen LogP contribution in [0.4, 0.5) is 8.78 Å². The number of esters is 1. The number of nitrogens with one attached hydrogen (secondary N) is 2. The Morgan fingerprint density at radius 1 is 1.30 bits per heavy atom. The van der Waals surface area contributed by atoms with Gasteiger partial charge in [0.2, 0.25) is 11.9 Å². The van der Waals surface area contributed by atoms with E-state index in [1.807, 2.05) is 0 Å². The van der Waals surface area contributed by atoms with Crippen LogP contribution in [0.5, 0.6) is 0 Å². The van der Waals surface area contributed by atoms with Crippen LogP contribution in [-0.2, 0) is 19.1 Å². The van der Waals surface area contributed by atoms with Crippen LogP contribution in [0.15, 0.2) is 16.1 Å². The molecule has 11 heteroatoms. The molecule has 0 radical (unpaired) electrons. The van der Waals surface area contributed by atoms with E-state index < -0.39 is 48.5 Å². The third kappa shape index (κ3) is 6.63. The Labute approximate surface area is 175 Å². The van der Waals surface area contributed by atoms with E-state index in [2.05, 4.69) is 10.3 Å². The van der Waals surface area contributed by atoms with E-state index in [-0.39, 0.29) is 24.6 Å². The summed E-state index contributed by atoms with van der Waals surface area (Å²) in [5, 5.41) is 11.7. The molecule has 1 aliphatic rings. The maximum Gasteiger partial charge on any atom is 0.334 e. The first kappa shape index (κ1) is 25.8. The summed E-state index contributed by atoms with van der Waals surface area (Å²) in [6.45, 7) is 7.14. The SMILES string of the molecule is CCOC(=O)C1=C(CC)[C@@H](OC(C(C)F)C(C)F)[C@H](NC(C)=O)[C@@H](N=C(N)NO)C1. The number of hydrogen-bond donors (Lipinski definition) is 4. The molecule has 0 spiro atoms. The van der Waals surface area contributed by atoms with Gasteiger partial charge in [0, 0.05) is 18.9 Å². The van der Waals surface area contributed by atoms with Crippen molar-refractivity contribution < 1.29 is 33.1 Å². The van der Waals surface area contributed by atoms with Crippen molar-refractivity contribution in [3.05, 3.63) is 11.1 Å². The first-order valence-corrected chi connectivity index (χ1v) is 9.90. The second kappa shape index (κ2) is 11.8. The third-order valence-electron chi connectivity index (χ3n) is 4.79. The Balaban J connectivity index is 3.59. The highest BCUT2D eigenvalue weighted by molar-refractivity contribution is 5.90. The number of guanidine groups is 1. The van der Waals surface area contributed by atoms with Crippen molar-refractivity contribution in [1.29, 1.82) is 0 Å². The lowest BCUT2D eigenvalue weighted by Gasteiger charge is -2.41. The van der Waals surface area contributed by atoms with Crippen molar-refractivity contribution in [1.82, 2.24) is 10.8 Å². The number of nitrogens with two attached hydrogens (primary N) is 1. The zero-order chi connectivity index (χ0) is 23.0. The van der Waals surface area contributed by atoms with E-state index in [4.69, 9.17) is 20.4 Å². The van der Waals surface area contributed by atoms with Crippen LogP contribution >= 0.6 is 0 Å². The second-order valence-electron chi connectivity index (χ2n) is 7.08. The topological polar surface area (TPSA) is 135 Å². The number of carbonyl (C=O) groups excluding carboxylic acids is 2. The number of hydrogen-bond acceptors (Lipinski definition) is 6. The summed E-state index contributed by atoms with van der Waals surface area (Å²) in [7, 11) is 0. The van der Waals surface area contributed by atoms with Crippen LogP contribution in [0.3, 0.4) is 0 Å². The van der Waals surface area contributed by atoms with Crippen LogP contribution in [0, 0.1) is 0 Å². The van der Waals surface area contributed by atoms with Crippen LogP contribution in [-0.4, -0.2) is 66.3 Å². The monoisotopic (exact) mass is 434 g/mol. The van der Waals surface area contributed by atoms with Gasteiger partial charge in [-0.2, -0.15) is 0 Å². The van der Waals surface area contributed by atoms with E-state index in [1.54, 1.807) is 19.3 Å². The highest BCUT2D eigenvalue weighted by Gasteiger charge is 2.44. The third-order valence-corrected chi connectivity index (χ3v) is 4.79. The van der Waals surface area contributed by atoms with E-state index in [1.165, 1.54) is 20.8 Å². The van der Waals surface area contributed by atoms with Crippen LogP contribution in [0.25, 0.3) is 0 Å². The highest BCUT2D eigenvalue weighted by Crippen LogP contribution is 2.34. The molecule has 0 fully saturated rings. The first-order valence-electron chi connectivity index (χ1n) is 9.90. The second-order valence-corrected chi connectivity index (χ2v) is 7.08. The van der Waals surface area contributed by atoms with Crippen molar-refractivity contribution in [2.75, 3.05) is 6.61 Å². The normalized spacial score (nSPS) is 25.3. The first-order chi connectivity index (χ1) is 14.1. The van der Waals surface area contributed by atoms with Crippen molar-refractivity contribution in [2.45, 2.75) is 84.1 Å². The lowest BCUT2D eigenvalue weighted by molar-refractivity contribution is -0.139. The molecule has 0 aliphatic heterocycles. The van der Waals surface area contributed by atoms with E-state index >= 15 is 0 Å². The Kier molecular flexibility index (Phi) is 10.1. The maximum absolute atomic E-state index is 14.1. The Morgan fingerprint density at radius 2 is 1.90 bits per heavy atom. The van der Waals surface area contributed by atoms with Gasteiger partial charge >= 0.3 is 5.97 Å². The van der Waals surface area contributed by atoms with Gasteiger partial charge in [0.15, 0.2) is 0 Å². The summed E-state index contributed by atoms with van der Waals surface area (Å²) < 4.78 is 39.1. The zero-order valence-corrected chi connectivity index (χ0v) is 17.9.